The molecule has 2 aromatic heterocycles. The van der Waals surface area contributed by atoms with Gasteiger partial charge >= 0.3 is 0 Å². The Morgan fingerprint density at radius 1 is 0.657 bits per heavy atom. The van der Waals surface area contributed by atoms with Gasteiger partial charge in [-0.1, -0.05) is 60.6 Å². The Morgan fingerprint density at radius 2 is 1.20 bits per heavy atom. The molecular formula is C29H36N4O2. The van der Waals surface area contributed by atoms with E-state index in [1.807, 2.05) is 12.1 Å². The number of hydrogen-bond acceptors (Lipinski definition) is 6. The van der Waals surface area contributed by atoms with Gasteiger partial charge in [-0.3, -0.25) is 0 Å². The molecule has 0 radical (unpaired) electrons. The molecule has 0 aliphatic rings. The molecule has 0 amide bonds. The maximum absolute atomic E-state index is 5.54. The van der Waals surface area contributed by atoms with Crippen molar-refractivity contribution in [1.29, 1.82) is 0 Å². The van der Waals surface area contributed by atoms with Crippen molar-refractivity contribution in [3.63, 3.8) is 0 Å². The summed E-state index contributed by atoms with van der Waals surface area (Å²) in [6.07, 6.45) is 1.41. The van der Waals surface area contributed by atoms with Crippen LogP contribution in [-0.2, 0) is 23.7 Å². The van der Waals surface area contributed by atoms with Crippen molar-refractivity contribution in [2.24, 2.45) is 0 Å². The van der Waals surface area contributed by atoms with Gasteiger partial charge in [0.05, 0.1) is 36.6 Å². The maximum atomic E-state index is 5.54. The van der Waals surface area contributed by atoms with Crippen LogP contribution in [0.1, 0.15) is 77.1 Å². The summed E-state index contributed by atoms with van der Waals surface area (Å²) in [6.45, 7) is 15.2. The summed E-state index contributed by atoms with van der Waals surface area (Å²) in [5.74, 6) is 2.98. The van der Waals surface area contributed by atoms with E-state index in [9.17, 15) is 0 Å². The number of fused-ring (bicyclic) bond motifs is 2. The Morgan fingerprint density at radius 3 is 1.80 bits per heavy atom. The predicted molar refractivity (Wildman–Crippen MR) is 142 cm³/mol. The number of aromatic nitrogens is 4. The first-order valence-electron chi connectivity index (χ1n) is 12.2. The van der Waals surface area contributed by atoms with Crippen LogP contribution in [0.4, 0.5) is 0 Å². The second kappa shape index (κ2) is 9.06. The van der Waals surface area contributed by atoms with Crippen molar-refractivity contribution in [3.05, 3.63) is 58.9 Å². The number of nitrogens with zero attached hydrogens (tertiary/aromatic N) is 4. The quantitative estimate of drug-likeness (QED) is 0.338. The van der Waals surface area contributed by atoms with Gasteiger partial charge in [-0.2, -0.15) is 0 Å². The van der Waals surface area contributed by atoms with Gasteiger partial charge in [0.1, 0.15) is 11.6 Å². The van der Waals surface area contributed by atoms with Gasteiger partial charge in [-0.05, 0) is 17.7 Å². The molecule has 2 heterocycles. The first kappa shape index (κ1) is 24.8. The molecule has 35 heavy (non-hydrogen) atoms. The van der Waals surface area contributed by atoms with Gasteiger partial charge in [-0.25, -0.2) is 19.9 Å². The van der Waals surface area contributed by atoms with Crippen LogP contribution in [0.25, 0.3) is 21.8 Å². The van der Waals surface area contributed by atoms with Gasteiger partial charge in [0.15, 0.2) is 11.5 Å². The third-order valence-electron chi connectivity index (χ3n) is 6.15. The average Bonchev–Trinajstić information content (AvgIpc) is 2.80. The van der Waals surface area contributed by atoms with Crippen LogP contribution in [0.2, 0.25) is 0 Å². The Kier molecular flexibility index (Phi) is 6.43. The highest BCUT2D eigenvalue weighted by atomic mass is 16.5. The van der Waals surface area contributed by atoms with Crippen molar-refractivity contribution >= 4 is 21.8 Å². The van der Waals surface area contributed by atoms with Crippen molar-refractivity contribution in [2.75, 3.05) is 14.2 Å². The summed E-state index contributed by atoms with van der Waals surface area (Å²) in [4.78, 5) is 19.6. The van der Waals surface area contributed by atoms with E-state index >= 15 is 0 Å². The standard InChI is InChI=1S/C29H36N4O2/c1-10-24-30-20-13-17(11-12-18(20)26(32-24)28(2,3)4)14-25-31-21-16-23(35-9)22(34-8)15-19(21)27(33-25)29(5,6)7/h11-13,15-16H,10,14H2,1-9H3. The molecule has 4 aromatic rings. The zero-order valence-corrected chi connectivity index (χ0v) is 22.4. The molecule has 184 valence electrons. The Labute approximate surface area is 208 Å². The molecule has 0 aliphatic heterocycles. The number of methoxy groups -OCH3 is 2. The molecule has 0 aliphatic carbocycles. The summed E-state index contributed by atoms with van der Waals surface area (Å²) in [7, 11) is 3.29. The van der Waals surface area contributed by atoms with E-state index in [0.717, 1.165) is 56.8 Å². The van der Waals surface area contributed by atoms with Crippen molar-refractivity contribution in [3.8, 4) is 11.5 Å². The molecule has 4 rings (SSSR count). The van der Waals surface area contributed by atoms with Crippen LogP contribution < -0.4 is 9.47 Å². The largest absolute Gasteiger partial charge is 0.493 e. The molecule has 0 unspecified atom stereocenters. The molecule has 0 fully saturated rings. The summed E-state index contributed by atoms with van der Waals surface area (Å²) < 4.78 is 11.1. The van der Waals surface area contributed by atoms with E-state index in [1.54, 1.807) is 14.2 Å². The van der Waals surface area contributed by atoms with E-state index < -0.39 is 0 Å². The van der Waals surface area contributed by atoms with E-state index in [2.05, 4.69) is 66.7 Å². The lowest BCUT2D eigenvalue weighted by Crippen LogP contribution is -2.17. The van der Waals surface area contributed by atoms with Gasteiger partial charge in [0, 0.05) is 40.5 Å². The van der Waals surface area contributed by atoms with Crippen molar-refractivity contribution in [1.82, 2.24) is 19.9 Å². The first-order valence-corrected chi connectivity index (χ1v) is 12.2. The normalized spacial score (nSPS) is 12.4. The van der Waals surface area contributed by atoms with Gasteiger partial charge in [0.2, 0.25) is 0 Å². The Bertz CT molecular complexity index is 1400. The number of benzene rings is 2. The fraction of sp³-hybridized carbons (Fsp3) is 0.448. The minimum atomic E-state index is -0.163. The van der Waals surface area contributed by atoms with Gasteiger partial charge in [0.25, 0.3) is 0 Å². The highest BCUT2D eigenvalue weighted by Crippen LogP contribution is 2.36. The smallest absolute Gasteiger partial charge is 0.162 e. The van der Waals surface area contributed by atoms with Crippen LogP contribution in [-0.4, -0.2) is 34.2 Å². The number of rotatable bonds is 5. The van der Waals surface area contributed by atoms with Crippen LogP contribution >= 0.6 is 0 Å². The molecule has 0 saturated carbocycles. The predicted octanol–water partition coefficient (Wildman–Crippen LogP) is 6.34. The van der Waals surface area contributed by atoms with Gasteiger partial charge < -0.3 is 9.47 Å². The third-order valence-corrected chi connectivity index (χ3v) is 6.15. The van der Waals surface area contributed by atoms with Crippen LogP contribution in [0.3, 0.4) is 0 Å². The molecule has 6 nitrogen and oxygen atoms in total. The van der Waals surface area contributed by atoms with Crippen molar-refractivity contribution < 1.29 is 9.47 Å². The lowest BCUT2D eigenvalue weighted by molar-refractivity contribution is 0.355. The van der Waals surface area contributed by atoms with Crippen molar-refractivity contribution in [2.45, 2.75) is 72.1 Å². The molecule has 0 atom stereocenters. The Hall–Kier alpha value is -3.28. The zero-order chi connectivity index (χ0) is 25.5. The third kappa shape index (κ3) is 4.93. The van der Waals surface area contributed by atoms with E-state index in [1.165, 1.54) is 0 Å². The minimum Gasteiger partial charge on any atom is -0.493 e. The summed E-state index contributed by atoms with van der Waals surface area (Å²) >= 11 is 0. The number of hydrogen-bond donors (Lipinski definition) is 0. The maximum Gasteiger partial charge on any atom is 0.162 e. The average molecular weight is 473 g/mol. The molecular weight excluding hydrogens is 436 g/mol. The van der Waals surface area contributed by atoms with Gasteiger partial charge in [-0.15, -0.1) is 0 Å². The zero-order valence-electron chi connectivity index (χ0n) is 22.4. The fourth-order valence-corrected chi connectivity index (χ4v) is 4.40. The molecule has 6 heteroatoms. The van der Waals surface area contributed by atoms with E-state index in [-0.39, 0.29) is 10.8 Å². The second-order valence-electron chi connectivity index (χ2n) is 11.1. The lowest BCUT2D eigenvalue weighted by Gasteiger charge is -2.22. The molecule has 0 N–H and O–H groups in total. The first-order chi connectivity index (χ1) is 16.4. The van der Waals surface area contributed by atoms with E-state index in [4.69, 9.17) is 29.4 Å². The highest BCUT2D eigenvalue weighted by molar-refractivity contribution is 5.86. The summed E-state index contributed by atoms with van der Waals surface area (Å²) in [5, 5.41) is 2.08. The fourth-order valence-electron chi connectivity index (χ4n) is 4.40. The summed E-state index contributed by atoms with van der Waals surface area (Å²) in [6, 6.07) is 10.4. The highest BCUT2D eigenvalue weighted by Gasteiger charge is 2.23. The SMILES string of the molecule is CCc1nc(C(C)(C)C)c2ccc(Cc3nc(C(C)(C)C)c4cc(OC)c(OC)cc4n3)cc2n1. The number of ether oxygens (including phenoxy) is 2. The topological polar surface area (TPSA) is 70.0 Å². The molecule has 0 bridgehead atoms. The molecule has 0 saturated heterocycles. The Balaban J connectivity index is 1.85. The second-order valence-corrected chi connectivity index (χ2v) is 11.1. The van der Waals surface area contributed by atoms with Crippen LogP contribution in [0.5, 0.6) is 11.5 Å². The monoisotopic (exact) mass is 472 g/mol. The number of aryl methyl sites for hydroxylation is 1. The minimum absolute atomic E-state index is 0.0597. The molecule has 2 aromatic carbocycles. The lowest BCUT2D eigenvalue weighted by atomic mass is 9.88. The van der Waals surface area contributed by atoms with Crippen LogP contribution in [0.15, 0.2) is 30.3 Å². The van der Waals surface area contributed by atoms with E-state index in [0.29, 0.717) is 17.9 Å². The molecule has 0 spiro atoms. The summed E-state index contributed by atoms with van der Waals surface area (Å²) in [5.41, 5.74) is 4.80. The van der Waals surface area contributed by atoms with Crippen LogP contribution in [0, 0.1) is 0 Å².